The molecule has 2 fully saturated rings. The minimum Gasteiger partial charge on any atom is -0.490 e. The monoisotopic (exact) mass is 466 g/mol. The van der Waals surface area contributed by atoms with Crippen LogP contribution in [0.3, 0.4) is 0 Å². The molecule has 0 radical (unpaired) electrons. The lowest BCUT2D eigenvalue weighted by Crippen LogP contribution is -2.44. The second-order valence-corrected chi connectivity index (χ2v) is 10.1. The average molecular weight is 467 g/mol. The van der Waals surface area contributed by atoms with Gasteiger partial charge in [-0.3, -0.25) is 0 Å². The van der Waals surface area contributed by atoms with Gasteiger partial charge >= 0.3 is 5.97 Å². The van der Waals surface area contributed by atoms with E-state index >= 15 is 0 Å². The van der Waals surface area contributed by atoms with Gasteiger partial charge in [0.25, 0.3) is 0 Å². The fourth-order valence-corrected chi connectivity index (χ4v) is 6.10. The lowest BCUT2D eigenvalue weighted by molar-refractivity contribution is 0.0613. The first-order valence-corrected chi connectivity index (χ1v) is 12.2. The molecule has 5 atom stereocenters. The van der Waals surface area contributed by atoms with Crippen LogP contribution in [0.5, 0.6) is 5.75 Å². The quantitative estimate of drug-likeness (QED) is 0.559. The van der Waals surface area contributed by atoms with Crippen LogP contribution in [0.4, 0.5) is 4.39 Å². The zero-order chi connectivity index (χ0) is 23.9. The van der Waals surface area contributed by atoms with E-state index in [1.807, 2.05) is 18.2 Å². The first kappa shape index (κ1) is 23.1. The molecule has 2 aromatic carbocycles. The van der Waals surface area contributed by atoms with E-state index in [2.05, 4.69) is 0 Å². The molecule has 3 aliphatic rings. The van der Waals surface area contributed by atoms with Crippen molar-refractivity contribution in [3.63, 3.8) is 0 Å². The molecule has 3 N–H and O–H groups in total. The molecule has 0 bridgehead atoms. The summed E-state index contributed by atoms with van der Waals surface area (Å²) in [7, 11) is 0. The van der Waals surface area contributed by atoms with E-state index < -0.39 is 23.6 Å². The molecule has 0 amide bonds. The zero-order valence-electron chi connectivity index (χ0n) is 19.1. The molecule has 1 heterocycles. The summed E-state index contributed by atoms with van der Waals surface area (Å²) in [6.07, 6.45) is 8.01. The van der Waals surface area contributed by atoms with Gasteiger partial charge in [-0.2, -0.15) is 0 Å². The van der Waals surface area contributed by atoms with Gasteiger partial charge in [0.2, 0.25) is 0 Å². The predicted octanol–water partition coefficient (Wildman–Crippen LogP) is 4.64. The summed E-state index contributed by atoms with van der Waals surface area (Å²) < 4.78 is 19.7. The number of ether oxygens (including phenoxy) is 1. The van der Waals surface area contributed by atoms with Crippen LogP contribution in [0.15, 0.2) is 54.6 Å². The van der Waals surface area contributed by atoms with Crippen LogP contribution in [0.25, 0.3) is 0 Å². The van der Waals surface area contributed by atoms with E-state index in [0.717, 1.165) is 49.7 Å². The second kappa shape index (κ2) is 9.16. The van der Waals surface area contributed by atoms with E-state index in [4.69, 9.17) is 4.74 Å². The third-order valence-electron chi connectivity index (χ3n) is 8.21. The molecule has 0 spiro atoms. The van der Waals surface area contributed by atoms with Crippen LogP contribution in [-0.4, -0.2) is 39.6 Å². The maximum Gasteiger partial charge on any atom is 0.335 e. The van der Waals surface area contributed by atoms with E-state index in [-0.39, 0.29) is 29.3 Å². The standard InChI is InChI=1S/C28H31FO5/c29-20-9-7-19(8-10-20)28(13-2-14-28)26(31)12-11-21-22-4-1-3-17-5-6-18(27(32)33)15-24(17)34-25(22)16-23(21)30/h5-12,15,21-23,25-26,30-31H,1-4,13-14,16H2,(H,32,33)/b12-11+/t21-,22-,23-,25+,26?/m1/s1. The Morgan fingerprint density at radius 2 is 1.91 bits per heavy atom. The largest absolute Gasteiger partial charge is 0.490 e. The maximum absolute atomic E-state index is 13.4. The van der Waals surface area contributed by atoms with Crippen LogP contribution in [0, 0.1) is 17.7 Å². The van der Waals surface area contributed by atoms with E-state index in [1.165, 1.54) is 12.1 Å². The normalized spacial score (nSPS) is 28.7. The van der Waals surface area contributed by atoms with Crippen LogP contribution < -0.4 is 4.74 Å². The molecule has 5 nitrogen and oxygen atoms in total. The number of carboxylic acid groups (broad SMARTS) is 1. The lowest BCUT2D eigenvalue weighted by Gasteiger charge is -2.45. The molecule has 180 valence electrons. The van der Waals surface area contributed by atoms with Crippen molar-refractivity contribution in [1.29, 1.82) is 0 Å². The lowest BCUT2D eigenvalue weighted by atomic mass is 9.61. The van der Waals surface area contributed by atoms with E-state index in [9.17, 15) is 24.5 Å². The van der Waals surface area contributed by atoms with Gasteiger partial charge < -0.3 is 20.1 Å². The number of rotatable bonds is 5. The fourth-order valence-electron chi connectivity index (χ4n) is 6.10. The second-order valence-electron chi connectivity index (χ2n) is 10.1. The smallest absolute Gasteiger partial charge is 0.335 e. The van der Waals surface area contributed by atoms with Gasteiger partial charge in [0.1, 0.15) is 17.7 Å². The van der Waals surface area contributed by atoms with E-state index in [1.54, 1.807) is 24.3 Å². The number of carbonyl (C=O) groups is 1. The van der Waals surface area contributed by atoms with Gasteiger partial charge in [-0.1, -0.05) is 36.8 Å². The number of halogens is 1. The number of hydrogen-bond donors (Lipinski definition) is 3. The highest BCUT2D eigenvalue weighted by molar-refractivity contribution is 5.88. The fraction of sp³-hybridized carbons (Fsp3) is 0.464. The molecule has 2 aliphatic carbocycles. The van der Waals surface area contributed by atoms with Gasteiger partial charge in [0.15, 0.2) is 0 Å². The van der Waals surface area contributed by atoms with E-state index in [0.29, 0.717) is 12.2 Å². The Balaban J connectivity index is 1.34. The summed E-state index contributed by atoms with van der Waals surface area (Å²) in [5, 5.41) is 31.4. The zero-order valence-corrected chi connectivity index (χ0v) is 19.1. The Kier molecular flexibility index (Phi) is 6.21. The summed E-state index contributed by atoms with van der Waals surface area (Å²) in [5.74, 6) is -0.740. The first-order valence-electron chi connectivity index (χ1n) is 12.2. The molecule has 6 heteroatoms. The van der Waals surface area contributed by atoms with Crippen LogP contribution in [0.2, 0.25) is 0 Å². The highest BCUT2D eigenvalue weighted by atomic mass is 19.1. The van der Waals surface area contributed by atoms with Crippen molar-refractivity contribution in [3.8, 4) is 5.75 Å². The summed E-state index contributed by atoms with van der Waals surface area (Å²) >= 11 is 0. The summed E-state index contributed by atoms with van der Waals surface area (Å²) in [5.41, 5.74) is 1.73. The van der Waals surface area contributed by atoms with Crippen LogP contribution in [0.1, 0.15) is 60.0 Å². The Morgan fingerprint density at radius 3 is 2.59 bits per heavy atom. The molecular weight excluding hydrogens is 435 g/mol. The topological polar surface area (TPSA) is 87.0 Å². The molecule has 5 rings (SSSR count). The first-order chi connectivity index (χ1) is 16.4. The Labute approximate surface area is 198 Å². The molecular formula is C28H31FO5. The molecule has 2 aromatic rings. The van der Waals surface area contributed by atoms with Gasteiger partial charge in [-0.05, 0) is 67.5 Å². The van der Waals surface area contributed by atoms with Gasteiger partial charge in [0, 0.05) is 23.7 Å². The number of aryl methyl sites for hydroxylation is 1. The molecule has 0 aromatic heterocycles. The minimum absolute atomic E-state index is 0.0863. The number of carboxylic acids is 1. The molecule has 0 saturated heterocycles. The number of aliphatic hydroxyl groups excluding tert-OH is 2. The summed E-state index contributed by atoms with van der Waals surface area (Å²) in [4.78, 5) is 11.4. The number of benzene rings is 2. The summed E-state index contributed by atoms with van der Waals surface area (Å²) in [6.45, 7) is 0. The third kappa shape index (κ3) is 4.14. The summed E-state index contributed by atoms with van der Waals surface area (Å²) in [6, 6.07) is 11.4. The Hall–Kier alpha value is -2.70. The van der Waals surface area contributed by atoms with Gasteiger partial charge in [-0.15, -0.1) is 0 Å². The van der Waals surface area contributed by atoms with Crippen LogP contribution in [-0.2, 0) is 11.8 Å². The van der Waals surface area contributed by atoms with Crippen molar-refractivity contribution in [2.24, 2.45) is 11.8 Å². The molecule has 1 unspecified atom stereocenters. The Morgan fingerprint density at radius 1 is 1.15 bits per heavy atom. The van der Waals surface area contributed by atoms with Gasteiger partial charge in [0.05, 0.1) is 17.8 Å². The van der Waals surface area contributed by atoms with Crippen molar-refractivity contribution in [2.45, 2.75) is 68.7 Å². The number of fused-ring (bicyclic) bond motifs is 2. The van der Waals surface area contributed by atoms with Crippen molar-refractivity contribution in [2.75, 3.05) is 0 Å². The van der Waals surface area contributed by atoms with Crippen LogP contribution >= 0.6 is 0 Å². The van der Waals surface area contributed by atoms with Gasteiger partial charge in [-0.25, -0.2) is 9.18 Å². The van der Waals surface area contributed by atoms with Crippen molar-refractivity contribution in [1.82, 2.24) is 0 Å². The Bertz CT molecular complexity index is 1070. The highest BCUT2D eigenvalue weighted by Gasteiger charge is 2.46. The van der Waals surface area contributed by atoms with Crippen molar-refractivity contribution in [3.05, 3.63) is 77.1 Å². The molecule has 34 heavy (non-hydrogen) atoms. The SMILES string of the molecule is O=C(O)c1ccc2c(c1)O[C@H]1C[C@@H](O)[C@H](/C=C/C(O)C3(c4ccc(F)cc4)CCC3)[C@H]1CCC2. The average Bonchev–Trinajstić information content (AvgIpc) is 3.05. The third-order valence-corrected chi connectivity index (χ3v) is 8.21. The number of aromatic carboxylic acids is 1. The maximum atomic E-state index is 13.4. The predicted molar refractivity (Wildman–Crippen MR) is 125 cm³/mol. The number of aliphatic hydroxyl groups is 2. The van der Waals surface area contributed by atoms with Crippen molar-refractivity contribution >= 4 is 5.97 Å². The number of hydrogen-bond acceptors (Lipinski definition) is 4. The molecule has 2 saturated carbocycles. The molecule has 1 aliphatic heterocycles. The minimum atomic E-state index is -0.989. The highest BCUT2D eigenvalue weighted by Crippen LogP contribution is 2.48. The van der Waals surface area contributed by atoms with Crippen molar-refractivity contribution < 1.29 is 29.2 Å².